The second-order valence-electron chi connectivity index (χ2n) is 7.84. The van der Waals surface area contributed by atoms with Gasteiger partial charge in [0.25, 0.3) is 0 Å². The Bertz CT molecular complexity index is 1180. The number of aromatic nitrogens is 2. The average molecular weight is 445 g/mol. The molecule has 4 rings (SSSR count). The zero-order chi connectivity index (χ0) is 23.0. The van der Waals surface area contributed by atoms with Crippen LogP contribution in [0.5, 0.6) is 5.75 Å². The number of ether oxygens (including phenoxy) is 1. The average Bonchev–Trinajstić information content (AvgIpc) is 3.45. The molecule has 2 atom stereocenters. The zero-order valence-electron chi connectivity index (χ0n) is 17.3. The molecule has 1 aliphatic carbocycles. The van der Waals surface area contributed by atoms with Gasteiger partial charge in [0.1, 0.15) is 29.1 Å². The van der Waals surface area contributed by atoms with E-state index >= 15 is 0 Å². The van der Waals surface area contributed by atoms with Crippen LogP contribution < -0.4 is 10.1 Å². The minimum absolute atomic E-state index is 0.0904. The SMILES string of the molecule is Cc1ncc(OC[C@@]2(c3cc(F)cc(F)c3)C[C@H]2C(=O)Nc2cc(F)ccc2F)c(C)n1. The van der Waals surface area contributed by atoms with Gasteiger partial charge < -0.3 is 10.1 Å². The van der Waals surface area contributed by atoms with Gasteiger partial charge in [-0.2, -0.15) is 0 Å². The first-order valence-electron chi connectivity index (χ1n) is 9.83. The second kappa shape index (κ2) is 8.22. The highest BCUT2D eigenvalue weighted by Crippen LogP contribution is 2.55. The van der Waals surface area contributed by atoms with Gasteiger partial charge in [-0.15, -0.1) is 0 Å². The number of aryl methyl sites for hydroxylation is 2. The summed E-state index contributed by atoms with van der Waals surface area (Å²) in [6.07, 6.45) is 1.68. The van der Waals surface area contributed by atoms with Gasteiger partial charge in [0, 0.05) is 17.5 Å². The minimum atomic E-state index is -1.06. The summed E-state index contributed by atoms with van der Waals surface area (Å²) in [5.74, 6) is -3.57. The van der Waals surface area contributed by atoms with Crippen molar-refractivity contribution in [2.45, 2.75) is 25.7 Å². The van der Waals surface area contributed by atoms with Crippen molar-refractivity contribution < 1.29 is 27.1 Å². The number of nitrogens with zero attached hydrogens (tertiary/aromatic N) is 2. The summed E-state index contributed by atoms with van der Waals surface area (Å²) < 4.78 is 61.1. The molecule has 166 valence electrons. The first-order valence-corrected chi connectivity index (χ1v) is 9.83. The Morgan fingerprint density at radius 2 is 1.81 bits per heavy atom. The summed E-state index contributed by atoms with van der Waals surface area (Å²) in [4.78, 5) is 21.1. The summed E-state index contributed by atoms with van der Waals surface area (Å²) in [5, 5.41) is 2.36. The van der Waals surface area contributed by atoms with Crippen molar-refractivity contribution in [3.8, 4) is 5.75 Å². The molecule has 1 fully saturated rings. The molecule has 1 N–H and O–H groups in total. The van der Waals surface area contributed by atoms with E-state index in [1.54, 1.807) is 13.8 Å². The number of halogens is 4. The highest BCUT2D eigenvalue weighted by Gasteiger charge is 2.60. The molecule has 0 spiro atoms. The molecule has 1 amide bonds. The van der Waals surface area contributed by atoms with Crippen molar-refractivity contribution in [3.63, 3.8) is 0 Å². The predicted octanol–water partition coefficient (Wildman–Crippen LogP) is 4.63. The Morgan fingerprint density at radius 1 is 1.09 bits per heavy atom. The Hall–Kier alpha value is -3.49. The van der Waals surface area contributed by atoms with Gasteiger partial charge in [-0.1, -0.05) is 0 Å². The molecule has 1 aliphatic rings. The van der Waals surface area contributed by atoms with Crippen molar-refractivity contribution in [1.82, 2.24) is 9.97 Å². The summed E-state index contributed by atoms with van der Waals surface area (Å²) in [7, 11) is 0. The fraction of sp³-hybridized carbons (Fsp3) is 0.261. The van der Waals surface area contributed by atoms with Crippen LogP contribution in [-0.4, -0.2) is 22.5 Å². The number of amides is 1. The van der Waals surface area contributed by atoms with Crippen molar-refractivity contribution >= 4 is 11.6 Å². The molecule has 0 aliphatic heterocycles. The number of nitrogens with one attached hydrogen (secondary N) is 1. The lowest BCUT2D eigenvalue weighted by molar-refractivity contribution is -0.117. The van der Waals surface area contributed by atoms with Crippen LogP contribution in [0.15, 0.2) is 42.6 Å². The van der Waals surface area contributed by atoms with Crippen LogP contribution in [0.2, 0.25) is 0 Å². The minimum Gasteiger partial charge on any atom is -0.489 e. The Balaban J connectivity index is 1.62. The van der Waals surface area contributed by atoms with E-state index in [1.165, 1.54) is 6.20 Å². The Labute approximate surface area is 181 Å². The topological polar surface area (TPSA) is 64.1 Å². The van der Waals surface area contributed by atoms with Gasteiger partial charge in [0.05, 0.1) is 30.1 Å². The first-order chi connectivity index (χ1) is 15.2. The van der Waals surface area contributed by atoms with Gasteiger partial charge in [-0.3, -0.25) is 4.79 Å². The molecule has 0 unspecified atom stereocenters. The van der Waals surface area contributed by atoms with Crippen molar-refractivity contribution in [1.29, 1.82) is 0 Å². The van der Waals surface area contributed by atoms with E-state index in [9.17, 15) is 22.4 Å². The molecule has 1 aromatic heterocycles. The fourth-order valence-electron chi connectivity index (χ4n) is 3.79. The van der Waals surface area contributed by atoms with Crippen molar-refractivity contribution in [2.75, 3.05) is 11.9 Å². The van der Waals surface area contributed by atoms with E-state index in [2.05, 4.69) is 15.3 Å². The number of carbonyl (C=O) groups is 1. The van der Waals surface area contributed by atoms with E-state index in [-0.39, 0.29) is 24.3 Å². The molecule has 1 saturated carbocycles. The fourth-order valence-corrected chi connectivity index (χ4v) is 3.79. The second-order valence-corrected chi connectivity index (χ2v) is 7.84. The van der Waals surface area contributed by atoms with Gasteiger partial charge in [0.15, 0.2) is 5.75 Å². The summed E-state index contributed by atoms with van der Waals surface area (Å²) in [6, 6.07) is 5.71. The third kappa shape index (κ3) is 4.28. The lowest BCUT2D eigenvalue weighted by Crippen LogP contribution is -2.27. The standard InChI is InChI=1S/C23H19F4N3O2/c1-12-21(10-28-13(2)29-12)32-11-23(14-5-16(25)7-17(26)6-14)9-18(23)22(31)30-20-8-15(24)3-4-19(20)27/h3-8,10,18H,9,11H2,1-2H3,(H,30,31)/t18-,23+/m0/s1. The monoisotopic (exact) mass is 445 g/mol. The molecule has 0 bridgehead atoms. The third-order valence-corrected chi connectivity index (χ3v) is 5.56. The highest BCUT2D eigenvalue weighted by atomic mass is 19.1. The van der Waals surface area contributed by atoms with Crippen LogP contribution in [0.3, 0.4) is 0 Å². The maximum absolute atomic E-state index is 14.0. The quantitative estimate of drug-likeness (QED) is 0.563. The molecule has 5 nitrogen and oxygen atoms in total. The smallest absolute Gasteiger partial charge is 0.228 e. The van der Waals surface area contributed by atoms with Crippen LogP contribution in [0.25, 0.3) is 0 Å². The Morgan fingerprint density at radius 3 is 2.50 bits per heavy atom. The molecule has 0 saturated heterocycles. The summed E-state index contributed by atoms with van der Waals surface area (Å²) in [6.45, 7) is 3.36. The summed E-state index contributed by atoms with van der Waals surface area (Å²) in [5.41, 5.74) is -0.569. The Kier molecular flexibility index (Phi) is 5.58. The predicted molar refractivity (Wildman–Crippen MR) is 108 cm³/mol. The van der Waals surface area contributed by atoms with Crippen molar-refractivity contribution in [2.24, 2.45) is 5.92 Å². The van der Waals surface area contributed by atoms with Crippen LogP contribution in [-0.2, 0) is 10.2 Å². The largest absolute Gasteiger partial charge is 0.489 e. The van der Waals surface area contributed by atoms with Gasteiger partial charge in [0.2, 0.25) is 5.91 Å². The zero-order valence-corrected chi connectivity index (χ0v) is 17.3. The van der Waals surface area contributed by atoms with Crippen molar-refractivity contribution in [3.05, 3.63) is 82.9 Å². The molecule has 0 radical (unpaired) electrons. The molecular formula is C23H19F4N3O2. The van der Waals surface area contributed by atoms with Crippen LogP contribution >= 0.6 is 0 Å². The molecule has 9 heteroatoms. The maximum Gasteiger partial charge on any atom is 0.228 e. The van der Waals surface area contributed by atoms with Gasteiger partial charge in [-0.05, 0) is 50.1 Å². The molecule has 2 aromatic carbocycles. The third-order valence-electron chi connectivity index (χ3n) is 5.56. The van der Waals surface area contributed by atoms with Gasteiger partial charge >= 0.3 is 0 Å². The van der Waals surface area contributed by atoms with Gasteiger partial charge in [-0.25, -0.2) is 27.5 Å². The number of carbonyl (C=O) groups excluding carboxylic acids is 1. The molecule has 3 aromatic rings. The van der Waals surface area contributed by atoms with E-state index in [0.29, 0.717) is 17.3 Å². The summed E-state index contributed by atoms with van der Waals surface area (Å²) >= 11 is 0. The maximum atomic E-state index is 14.0. The lowest BCUT2D eigenvalue weighted by Gasteiger charge is -2.20. The van der Waals surface area contributed by atoms with E-state index in [0.717, 1.165) is 36.4 Å². The normalized spacial score (nSPS) is 19.5. The number of hydrogen-bond donors (Lipinski definition) is 1. The number of benzene rings is 2. The molecule has 1 heterocycles. The highest BCUT2D eigenvalue weighted by molar-refractivity contribution is 5.96. The lowest BCUT2D eigenvalue weighted by atomic mass is 9.93. The van der Waals surface area contributed by atoms with Crippen LogP contribution in [0, 0.1) is 43.0 Å². The van der Waals surface area contributed by atoms with E-state index in [4.69, 9.17) is 4.74 Å². The number of rotatable bonds is 6. The van der Waals surface area contributed by atoms with E-state index in [1.807, 2.05) is 0 Å². The number of hydrogen-bond acceptors (Lipinski definition) is 4. The van der Waals surface area contributed by atoms with Crippen LogP contribution in [0.4, 0.5) is 23.2 Å². The first kappa shape index (κ1) is 21.7. The van der Waals surface area contributed by atoms with E-state index < -0.39 is 40.5 Å². The number of anilines is 1. The molecule has 32 heavy (non-hydrogen) atoms. The van der Waals surface area contributed by atoms with Crippen LogP contribution in [0.1, 0.15) is 23.5 Å². The molecular weight excluding hydrogens is 426 g/mol.